The second kappa shape index (κ2) is 7.00. The molecule has 21 heavy (non-hydrogen) atoms. The lowest BCUT2D eigenvalue weighted by molar-refractivity contribution is -0.115. The molecule has 1 aliphatic rings. The number of carboxylic acid groups (broad SMARTS) is 1. The molecule has 0 saturated carbocycles. The average molecular weight is 311 g/mol. The van der Waals surface area contributed by atoms with Crippen LogP contribution in [-0.4, -0.2) is 39.5 Å². The number of thiazole rings is 1. The summed E-state index contributed by atoms with van der Waals surface area (Å²) in [7, 11) is 0. The Morgan fingerprint density at radius 1 is 1.48 bits per heavy atom. The molecule has 0 aromatic carbocycles. The molecule has 2 N–H and O–H groups in total. The van der Waals surface area contributed by atoms with Gasteiger partial charge in [0, 0.05) is 19.0 Å². The van der Waals surface area contributed by atoms with Gasteiger partial charge < -0.3 is 10.4 Å². The average Bonchev–Trinajstić information content (AvgIpc) is 2.84. The van der Waals surface area contributed by atoms with Crippen molar-refractivity contribution >= 4 is 28.3 Å². The van der Waals surface area contributed by atoms with Crippen LogP contribution in [0.1, 0.15) is 54.9 Å². The highest BCUT2D eigenvalue weighted by Gasteiger charge is 2.24. The predicted octanol–water partition coefficient (Wildman–Crippen LogP) is 2.56. The highest BCUT2D eigenvalue weighted by Crippen LogP contribution is 2.27. The number of nitrogens with one attached hydrogen (secondary N) is 1. The molecule has 0 bridgehead atoms. The highest BCUT2D eigenvalue weighted by molar-refractivity contribution is 7.16. The summed E-state index contributed by atoms with van der Waals surface area (Å²) in [4.78, 5) is 29.8. The highest BCUT2D eigenvalue weighted by atomic mass is 32.1. The van der Waals surface area contributed by atoms with Gasteiger partial charge in [0.25, 0.3) is 0 Å². The maximum atomic E-state index is 11.4. The van der Waals surface area contributed by atoms with Crippen molar-refractivity contribution in [2.45, 2.75) is 52.1 Å². The molecule has 1 aromatic rings. The van der Waals surface area contributed by atoms with E-state index in [1.165, 1.54) is 17.8 Å². The van der Waals surface area contributed by atoms with Gasteiger partial charge >= 0.3 is 5.97 Å². The fourth-order valence-electron chi connectivity index (χ4n) is 2.46. The molecule has 1 aromatic heterocycles. The van der Waals surface area contributed by atoms with Crippen LogP contribution in [0.25, 0.3) is 0 Å². The molecular formula is C14H21N3O3S. The Kier molecular flexibility index (Phi) is 5.30. The number of carboxylic acids is 1. The van der Waals surface area contributed by atoms with Crippen LogP contribution in [0.2, 0.25) is 0 Å². The molecule has 1 atom stereocenters. The van der Waals surface area contributed by atoms with E-state index >= 15 is 0 Å². The number of carbonyl (C=O) groups excluding carboxylic acids is 1. The van der Waals surface area contributed by atoms with Gasteiger partial charge in [-0.15, -0.1) is 0 Å². The summed E-state index contributed by atoms with van der Waals surface area (Å²) in [5.41, 5.74) is 0.0594. The zero-order valence-corrected chi connectivity index (χ0v) is 13.2. The fraction of sp³-hybridized carbons (Fsp3) is 0.643. The summed E-state index contributed by atoms with van der Waals surface area (Å²) in [6.45, 7) is 5.48. The van der Waals surface area contributed by atoms with Gasteiger partial charge in [-0.25, -0.2) is 9.78 Å². The minimum absolute atomic E-state index is 0.0594. The SMILES string of the molecule is CCC(=O)Nc1nc(C(=O)O)c(CN2CCCCC2C)s1. The number of carbonyl (C=O) groups is 2. The number of nitrogens with zero attached hydrogens (tertiary/aromatic N) is 2. The van der Waals surface area contributed by atoms with Crippen molar-refractivity contribution in [1.29, 1.82) is 0 Å². The quantitative estimate of drug-likeness (QED) is 0.873. The Morgan fingerprint density at radius 3 is 2.86 bits per heavy atom. The summed E-state index contributed by atoms with van der Waals surface area (Å²) >= 11 is 1.26. The number of anilines is 1. The van der Waals surface area contributed by atoms with E-state index in [1.807, 2.05) is 0 Å². The number of piperidine rings is 1. The van der Waals surface area contributed by atoms with Gasteiger partial charge in [0.15, 0.2) is 10.8 Å². The molecule has 116 valence electrons. The molecule has 1 saturated heterocycles. The van der Waals surface area contributed by atoms with Crippen LogP contribution in [0.4, 0.5) is 5.13 Å². The Labute approximate surface area is 128 Å². The zero-order chi connectivity index (χ0) is 15.4. The predicted molar refractivity (Wildman–Crippen MR) is 81.7 cm³/mol. The number of amides is 1. The lowest BCUT2D eigenvalue weighted by atomic mass is 10.0. The minimum Gasteiger partial charge on any atom is -0.476 e. The normalized spacial score (nSPS) is 19.4. The number of hydrogen-bond acceptors (Lipinski definition) is 5. The summed E-state index contributed by atoms with van der Waals surface area (Å²) in [5, 5.41) is 12.3. The molecule has 0 spiro atoms. The molecule has 1 aliphatic heterocycles. The van der Waals surface area contributed by atoms with Gasteiger partial charge in [0.05, 0.1) is 4.88 Å². The van der Waals surface area contributed by atoms with Gasteiger partial charge in [-0.05, 0) is 26.3 Å². The van der Waals surface area contributed by atoms with E-state index in [9.17, 15) is 14.7 Å². The first-order chi connectivity index (χ1) is 10.0. The van der Waals surface area contributed by atoms with Gasteiger partial charge in [-0.2, -0.15) is 0 Å². The van der Waals surface area contributed by atoms with Crippen LogP contribution in [0.15, 0.2) is 0 Å². The third-order valence-corrected chi connectivity index (χ3v) is 4.71. The minimum atomic E-state index is -1.04. The zero-order valence-electron chi connectivity index (χ0n) is 12.4. The molecule has 0 radical (unpaired) electrons. The summed E-state index contributed by atoms with van der Waals surface area (Å²) < 4.78 is 0. The summed E-state index contributed by atoms with van der Waals surface area (Å²) in [5.74, 6) is -1.19. The van der Waals surface area contributed by atoms with E-state index < -0.39 is 5.97 Å². The largest absolute Gasteiger partial charge is 0.476 e. The fourth-order valence-corrected chi connectivity index (χ4v) is 3.46. The standard InChI is InChI=1S/C14H21N3O3S/c1-3-11(18)15-14-16-12(13(19)20)10(21-14)8-17-7-5-4-6-9(17)2/h9H,3-8H2,1-2H3,(H,19,20)(H,15,16,18). The topological polar surface area (TPSA) is 82.5 Å². The van der Waals surface area contributed by atoms with Crippen molar-refractivity contribution in [3.05, 3.63) is 10.6 Å². The van der Waals surface area contributed by atoms with Crippen molar-refractivity contribution in [3.63, 3.8) is 0 Å². The smallest absolute Gasteiger partial charge is 0.355 e. The van der Waals surface area contributed by atoms with Gasteiger partial charge in [0.1, 0.15) is 0 Å². The molecule has 2 rings (SSSR count). The first-order valence-electron chi connectivity index (χ1n) is 7.28. The Morgan fingerprint density at radius 2 is 2.24 bits per heavy atom. The van der Waals surface area contributed by atoms with E-state index in [2.05, 4.69) is 22.1 Å². The number of likely N-dealkylation sites (tertiary alicyclic amines) is 1. The molecule has 1 amide bonds. The lowest BCUT2D eigenvalue weighted by Crippen LogP contribution is -2.36. The van der Waals surface area contributed by atoms with E-state index in [4.69, 9.17) is 0 Å². The molecule has 7 heteroatoms. The van der Waals surface area contributed by atoms with Crippen LogP contribution < -0.4 is 5.32 Å². The number of hydrogen-bond donors (Lipinski definition) is 2. The first-order valence-corrected chi connectivity index (χ1v) is 8.09. The summed E-state index contributed by atoms with van der Waals surface area (Å²) in [6, 6.07) is 0.455. The van der Waals surface area contributed by atoms with Gasteiger partial charge in [-0.1, -0.05) is 24.7 Å². The van der Waals surface area contributed by atoms with E-state index in [0.717, 1.165) is 19.4 Å². The second-order valence-electron chi connectivity index (χ2n) is 5.31. The molecule has 6 nitrogen and oxygen atoms in total. The molecule has 2 heterocycles. The van der Waals surface area contributed by atoms with Crippen LogP contribution >= 0.6 is 11.3 Å². The van der Waals surface area contributed by atoms with E-state index in [-0.39, 0.29) is 11.6 Å². The van der Waals surface area contributed by atoms with E-state index in [1.54, 1.807) is 6.92 Å². The molecule has 1 unspecified atom stereocenters. The van der Waals surface area contributed by atoms with Gasteiger partial charge in [0.2, 0.25) is 5.91 Å². The Hall–Kier alpha value is -1.47. The maximum Gasteiger partial charge on any atom is 0.355 e. The molecule has 1 fully saturated rings. The molecule has 0 aliphatic carbocycles. The monoisotopic (exact) mass is 311 g/mol. The summed E-state index contributed by atoms with van der Waals surface area (Å²) in [6.07, 6.45) is 3.86. The van der Waals surface area contributed by atoms with Crippen molar-refractivity contribution in [3.8, 4) is 0 Å². The van der Waals surface area contributed by atoms with Crippen molar-refractivity contribution in [2.75, 3.05) is 11.9 Å². The maximum absolute atomic E-state index is 11.4. The first kappa shape index (κ1) is 15.9. The lowest BCUT2D eigenvalue weighted by Gasteiger charge is -2.32. The Balaban J connectivity index is 2.16. The third kappa shape index (κ3) is 4.01. The number of aromatic nitrogens is 1. The second-order valence-corrected chi connectivity index (χ2v) is 6.40. The van der Waals surface area contributed by atoms with Crippen LogP contribution in [0, 0.1) is 0 Å². The van der Waals surface area contributed by atoms with Crippen LogP contribution in [-0.2, 0) is 11.3 Å². The molecular weight excluding hydrogens is 290 g/mol. The van der Waals surface area contributed by atoms with Crippen molar-refractivity contribution in [2.24, 2.45) is 0 Å². The van der Waals surface area contributed by atoms with Crippen molar-refractivity contribution in [1.82, 2.24) is 9.88 Å². The number of rotatable bonds is 5. The number of aromatic carboxylic acids is 1. The van der Waals surface area contributed by atoms with Crippen molar-refractivity contribution < 1.29 is 14.7 Å². The Bertz CT molecular complexity index is 530. The van der Waals surface area contributed by atoms with Gasteiger partial charge in [-0.3, -0.25) is 9.69 Å². The van der Waals surface area contributed by atoms with Crippen LogP contribution in [0.3, 0.4) is 0 Å². The third-order valence-electron chi connectivity index (χ3n) is 3.75. The van der Waals surface area contributed by atoms with Crippen LogP contribution in [0.5, 0.6) is 0 Å². The van der Waals surface area contributed by atoms with E-state index in [0.29, 0.717) is 29.0 Å².